The molecule has 1 amide bonds. The lowest BCUT2D eigenvalue weighted by atomic mass is 10.1. The fraction of sp³-hybridized carbons (Fsp3) is 0.353. The molecule has 1 aromatic carbocycles. The van der Waals surface area contributed by atoms with Crippen LogP contribution in [0.15, 0.2) is 41.8 Å². The molecule has 0 unspecified atom stereocenters. The topological polar surface area (TPSA) is 41.6 Å². The maximum atomic E-state index is 12.1. The van der Waals surface area contributed by atoms with Gasteiger partial charge >= 0.3 is 6.61 Å². The van der Waals surface area contributed by atoms with E-state index in [0.29, 0.717) is 19.5 Å². The Morgan fingerprint density at radius 3 is 2.67 bits per heavy atom. The first-order valence-corrected chi connectivity index (χ1v) is 8.42. The van der Waals surface area contributed by atoms with E-state index < -0.39 is 6.61 Å². The first-order chi connectivity index (χ1) is 11.5. The number of carbonyl (C=O) groups excluding carboxylic acids is 1. The van der Waals surface area contributed by atoms with Crippen molar-refractivity contribution >= 4 is 17.2 Å². The summed E-state index contributed by atoms with van der Waals surface area (Å²) in [5.41, 5.74) is 0.948. The van der Waals surface area contributed by atoms with Crippen LogP contribution in [-0.2, 0) is 17.8 Å². The summed E-state index contributed by atoms with van der Waals surface area (Å²) in [7, 11) is 1.90. The van der Waals surface area contributed by atoms with E-state index in [4.69, 9.17) is 0 Å². The van der Waals surface area contributed by atoms with E-state index in [0.717, 1.165) is 12.1 Å². The number of thiophene rings is 1. The van der Waals surface area contributed by atoms with Gasteiger partial charge in [0.2, 0.25) is 5.91 Å². The monoisotopic (exact) mass is 354 g/mol. The number of rotatable bonds is 9. The van der Waals surface area contributed by atoms with Gasteiger partial charge in [-0.05, 0) is 42.6 Å². The van der Waals surface area contributed by atoms with Crippen LogP contribution in [0.1, 0.15) is 10.4 Å². The second-order valence-corrected chi connectivity index (χ2v) is 6.41. The molecular weight excluding hydrogens is 334 g/mol. The highest BCUT2D eigenvalue weighted by molar-refractivity contribution is 7.09. The molecule has 0 radical (unpaired) electrons. The van der Waals surface area contributed by atoms with Gasteiger partial charge < -0.3 is 10.1 Å². The summed E-state index contributed by atoms with van der Waals surface area (Å²) in [6.07, 6.45) is 0.634. The molecule has 0 saturated carbocycles. The van der Waals surface area contributed by atoms with Crippen molar-refractivity contribution in [3.8, 4) is 5.75 Å². The van der Waals surface area contributed by atoms with Crippen molar-refractivity contribution in [3.05, 3.63) is 52.2 Å². The highest BCUT2D eigenvalue weighted by Crippen LogP contribution is 2.15. The van der Waals surface area contributed by atoms with Crippen molar-refractivity contribution in [1.82, 2.24) is 10.2 Å². The van der Waals surface area contributed by atoms with Crippen LogP contribution in [0, 0.1) is 0 Å². The summed E-state index contributed by atoms with van der Waals surface area (Å²) in [4.78, 5) is 15.1. The molecule has 2 aromatic rings. The third-order valence-electron chi connectivity index (χ3n) is 3.30. The molecule has 0 atom stereocenters. The van der Waals surface area contributed by atoms with Gasteiger partial charge in [-0.3, -0.25) is 9.69 Å². The molecule has 0 saturated heterocycles. The zero-order chi connectivity index (χ0) is 17.4. The molecule has 1 heterocycles. The lowest BCUT2D eigenvalue weighted by Crippen LogP contribution is -2.35. The van der Waals surface area contributed by atoms with Crippen molar-refractivity contribution < 1.29 is 18.3 Å². The normalized spacial score (nSPS) is 11.0. The third kappa shape index (κ3) is 6.64. The van der Waals surface area contributed by atoms with Crippen LogP contribution in [0.5, 0.6) is 5.75 Å². The van der Waals surface area contributed by atoms with Crippen molar-refractivity contribution in [3.63, 3.8) is 0 Å². The van der Waals surface area contributed by atoms with Gasteiger partial charge in [-0.15, -0.1) is 11.3 Å². The van der Waals surface area contributed by atoms with Crippen molar-refractivity contribution in [2.45, 2.75) is 19.6 Å². The number of nitrogens with one attached hydrogen (secondary N) is 1. The Bertz CT molecular complexity index is 618. The quantitative estimate of drug-likeness (QED) is 0.752. The van der Waals surface area contributed by atoms with Gasteiger partial charge in [-0.25, -0.2) is 0 Å². The van der Waals surface area contributed by atoms with Crippen LogP contribution < -0.4 is 10.1 Å². The Hall–Kier alpha value is -1.99. The summed E-state index contributed by atoms with van der Waals surface area (Å²) >= 11 is 1.67. The molecule has 0 aliphatic heterocycles. The molecule has 1 N–H and O–H groups in total. The number of nitrogens with zero attached hydrogens (tertiary/aromatic N) is 1. The maximum Gasteiger partial charge on any atom is 0.387 e. The smallest absolute Gasteiger partial charge is 0.387 e. The lowest BCUT2D eigenvalue weighted by Gasteiger charge is -2.15. The Morgan fingerprint density at radius 2 is 2.04 bits per heavy atom. The predicted octanol–water partition coefficient (Wildman–Crippen LogP) is 3.14. The molecule has 0 fully saturated rings. The fourth-order valence-electron chi connectivity index (χ4n) is 2.21. The van der Waals surface area contributed by atoms with Gasteiger partial charge in [-0.1, -0.05) is 18.2 Å². The number of hydrogen-bond acceptors (Lipinski definition) is 4. The Balaban J connectivity index is 1.66. The number of alkyl halides is 2. The van der Waals surface area contributed by atoms with E-state index in [1.165, 1.54) is 17.0 Å². The van der Waals surface area contributed by atoms with Gasteiger partial charge in [0, 0.05) is 18.0 Å². The fourth-order valence-corrected chi connectivity index (χ4v) is 2.99. The van der Waals surface area contributed by atoms with Gasteiger partial charge in [0.25, 0.3) is 0 Å². The van der Waals surface area contributed by atoms with Crippen LogP contribution in [0.3, 0.4) is 0 Å². The summed E-state index contributed by atoms with van der Waals surface area (Å²) < 4.78 is 28.4. The maximum absolute atomic E-state index is 12.1. The van der Waals surface area contributed by atoms with E-state index in [-0.39, 0.29) is 11.7 Å². The van der Waals surface area contributed by atoms with Gasteiger partial charge in [0.15, 0.2) is 0 Å². The molecular formula is C17H20F2N2O2S. The van der Waals surface area contributed by atoms with E-state index in [9.17, 15) is 13.6 Å². The Kier molecular flexibility index (Phi) is 7.14. The van der Waals surface area contributed by atoms with Crippen LogP contribution >= 0.6 is 11.3 Å². The SMILES string of the molecule is CN(CC(=O)NCCc1ccc(OC(F)F)cc1)Cc1cccs1. The Morgan fingerprint density at radius 1 is 1.29 bits per heavy atom. The number of benzene rings is 1. The second kappa shape index (κ2) is 9.34. The minimum absolute atomic E-state index is 0.0355. The van der Waals surface area contributed by atoms with Crippen LogP contribution in [0.25, 0.3) is 0 Å². The molecule has 2 rings (SSSR count). The van der Waals surface area contributed by atoms with Gasteiger partial charge in [0.1, 0.15) is 5.75 Å². The number of hydrogen-bond donors (Lipinski definition) is 1. The minimum Gasteiger partial charge on any atom is -0.435 e. The van der Waals surface area contributed by atoms with Crippen molar-refractivity contribution in [2.24, 2.45) is 0 Å². The molecule has 130 valence electrons. The first-order valence-electron chi connectivity index (χ1n) is 7.54. The number of ether oxygens (including phenoxy) is 1. The van der Waals surface area contributed by atoms with Crippen LogP contribution in [0.2, 0.25) is 0 Å². The Labute approximate surface area is 144 Å². The highest BCUT2D eigenvalue weighted by Gasteiger charge is 2.08. The zero-order valence-corrected chi connectivity index (χ0v) is 14.2. The summed E-state index contributed by atoms with van der Waals surface area (Å²) in [5, 5.41) is 4.87. The summed E-state index contributed by atoms with van der Waals surface area (Å²) in [6.45, 7) is -1.24. The van der Waals surface area contributed by atoms with E-state index in [1.807, 2.05) is 29.5 Å². The van der Waals surface area contributed by atoms with E-state index in [2.05, 4.69) is 10.1 Å². The largest absolute Gasteiger partial charge is 0.435 e. The average molecular weight is 354 g/mol. The third-order valence-corrected chi connectivity index (χ3v) is 4.16. The van der Waals surface area contributed by atoms with Crippen molar-refractivity contribution in [1.29, 1.82) is 0 Å². The summed E-state index contributed by atoms with van der Waals surface area (Å²) in [6, 6.07) is 10.5. The van der Waals surface area contributed by atoms with E-state index >= 15 is 0 Å². The van der Waals surface area contributed by atoms with Gasteiger partial charge in [-0.2, -0.15) is 8.78 Å². The first kappa shape index (κ1) is 18.4. The highest BCUT2D eigenvalue weighted by atomic mass is 32.1. The second-order valence-electron chi connectivity index (χ2n) is 5.37. The molecule has 4 nitrogen and oxygen atoms in total. The predicted molar refractivity (Wildman–Crippen MR) is 90.4 cm³/mol. The molecule has 0 aliphatic carbocycles. The van der Waals surface area contributed by atoms with Crippen LogP contribution in [0.4, 0.5) is 8.78 Å². The van der Waals surface area contributed by atoms with Gasteiger partial charge in [0.05, 0.1) is 6.54 Å². The molecule has 1 aromatic heterocycles. The number of likely N-dealkylation sites (N-methyl/N-ethyl adjacent to an activating group) is 1. The number of halogens is 2. The minimum atomic E-state index is -2.82. The van der Waals surface area contributed by atoms with Crippen molar-refractivity contribution in [2.75, 3.05) is 20.1 Å². The molecule has 0 aliphatic rings. The van der Waals surface area contributed by atoms with Crippen LogP contribution in [-0.4, -0.2) is 37.6 Å². The van der Waals surface area contributed by atoms with E-state index in [1.54, 1.807) is 23.5 Å². The molecule has 24 heavy (non-hydrogen) atoms. The lowest BCUT2D eigenvalue weighted by molar-refractivity contribution is -0.122. The molecule has 0 bridgehead atoms. The zero-order valence-electron chi connectivity index (χ0n) is 13.4. The molecule has 7 heteroatoms. The average Bonchev–Trinajstić information content (AvgIpc) is 3.01. The molecule has 0 spiro atoms. The summed E-state index contributed by atoms with van der Waals surface area (Å²) in [5.74, 6) is 0.0969. The standard InChI is InChI=1S/C17H20F2N2O2S/c1-21(11-15-3-2-10-24-15)12-16(22)20-9-8-13-4-6-14(7-5-13)23-17(18)19/h2-7,10,17H,8-9,11-12H2,1H3,(H,20,22). The number of amides is 1. The number of carbonyl (C=O) groups is 1.